The van der Waals surface area contributed by atoms with Crippen molar-refractivity contribution in [1.82, 2.24) is 44.8 Å². The zero-order chi connectivity index (χ0) is 42.2. The van der Waals surface area contributed by atoms with E-state index in [0.29, 0.717) is 52.3 Å². The number of pyridine rings is 2. The maximum Gasteiger partial charge on any atom is 0.294 e. The van der Waals surface area contributed by atoms with Crippen LogP contribution >= 0.6 is 11.6 Å². The van der Waals surface area contributed by atoms with Crippen LogP contribution < -0.4 is 36.0 Å². The Morgan fingerprint density at radius 2 is 1.85 bits per heavy atom. The molecule has 0 radical (unpaired) electrons. The number of benzene rings is 1. The standard InChI is InChI=1S/C42H51ClN12O5/c1-24(2)55-39-27(18-33(41(55)59)60-23-35(57)44-4)17-28(19-45-39)47-38-31(43)20-46-42(49-38)54-16-15-52(21-25(54)3)22-26-11-13-53(14-12-26)32-8-6-7-29-36(50-51(5)37(29)32)30-9-10-34(56)48-40(30)58/h6-8,17-20,24-26,30H,9-16,21-23H2,1-5H3,(H,44,57)(H,46,47,49)(H,48,56,58)/t25-,30?/m1/s1. The van der Waals surface area contributed by atoms with E-state index >= 15 is 0 Å². The van der Waals surface area contributed by atoms with Crippen LogP contribution in [0.2, 0.25) is 5.02 Å². The average molecular weight is 839 g/mol. The number of hydrogen-bond donors (Lipinski definition) is 3. The summed E-state index contributed by atoms with van der Waals surface area (Å²) in [6.45, 7) is 11.1. The van der Waals surface area contributed by atoms with Gasteiger partial charge in [-0.15, -0.1) is 0 Å². The number of para-hydroxylation sites is 1. The first-order valence-corrected chi connectivity index (χ1v) is 21.0. The Morgan fingerprint density at radius 3 is 2.58 bits per heavy atom. The lowest BCUT2D eigenvalue weighted by Crippen LogP contribution is -2.54. The molecule has 316 valence electrons. The van der Waals surface area contributed by atoms with Crippen molar-refractivity contribution in [2.24, 2.45) is 13.0 Å². The van der Waals surface area contributed by atoms with Crippen molar-refractivity contribution in [2.75, 3.05) is 68.0 Å². The molecular weight excluding hydrogens is 788 g/mol. The number of piperazine rings is 1. The number of piperidine rings is 2. The van der Waals surface area contributed by atoms with Gasteiger partial charge in [-0.3, -0.25) is 38.6 Å². The molecule has 4 aromatic heterocycles. The molecule has 1 unspecified atom stereocenters. The minimum atomic E-state index is -0.429. The van der Waals surface area contributed by atoms with Gasteiger partial charge in [0.2, 0.25) is 17.8 Å². The first kappa shape index (κ1) is 40.9. The number of hydrogen-bond acceptors (Lipinski definition) is 13. The molecule has 17 nitrogen and oxygen atoms in total. The number of halogens is 1. The lowest BCUT2D eigenvalue weighted by atomic mass is 9.92. The van der Waals surface area contributed by atoms with E-state index in [-0.39, 0.29) is 47.7 Å². The number of nitrogens with one attached hydrogen (secondary N) is 3. The third-order valence-corrected chi connectivity index (χ3v) is 12.1. The van der Waals surface area contributed by atoms with Crippen molar-refractivity contribution in [3.63, 3.8) is 0 Å². The Labute approximate surface area is 352 Å². The molecule has 0 aliphatic carbocycles. The van der Waals surface area contributed by atoms with Crippen molar-refractivity contribution in [3.05, 3.63) is 63.8 Å². The topological polar surface area (TPSA) is 185 Å². The van der Waals surface area contributed by atoms with Crippen molar-refractivity contribution in [2.45, 2.75) is 64.5 Å². The number of aryl methyl sites for hydroxylation is 1. The number of carbonyl (C=O) groups is 3. The van der Waals surface area contributed by atoms with Gasteiger partial charge in [-0.2, -0.15) is 10.1 Å². The number of likely N-dealkylation sites (N-methyl/N-ethyl adjacent to an activating group) is 1. The molecule has 1 aromatic carbocycles. The molecule has 2 atom stereocenters. The van der Waals surface area contributed by atoms with Gasteiger partial charge >= 0.3 is 0 Å². The van der Waals surface area contributed by atoms with Gasteiger partial charge in [0, 0.05) is 82.6 Å². The predicted octanol–water partition coefficient (Wildman–Crippen LogP) is 4.12. The Morgan fingerprint density at radius 1 is 1.05 bits per heavy atom. The van der Waals surface area contributed by atoms with E-state index < -0.39 is 5.92 Å². The van der Waals surface area contributed by atoms with Gasteiger partial charge in [-0.1, -0.05) is 23.7 Å². The van der Waals surface area contributed by atoms with Gasteiger partial charge in [0.1, 0.15) is 10.7 Å². The molecule has 0 spiro atoms. The molecule has 5 aromatic rings. The molecule has 3 fully saturated rings. The lowest BCUT2D eigenvalue weighted by molar-refractivity contribution is -0.134. The summed E-state index contributed by atoms with van der Waals surface area (Å²) in [7, 11) is 3.44. The number of anilines is 4. The van der Waals surface area contributed by atoms with Gasteiger partial charge in [0.15, 0.2) is 18.2 Å². The summed E-state index contributed by atoms with van der Waals surface area (Å²) >= 11 is 6.63. The zero-order valence-electron chi connectivity index (χ0n) is 34.6. The summed E-state index contributed by atoms with van der Waals surface area (Å²) in [6, 6.07) is 9.63. The van der Waals surface area contributed by atoms with Crippen molar-refractivity contribution in [1.29, 1.82) is 0 Å². The van der Waals surface area contributed by atoms with Crippen molar-refractivity contribution in [3.8, 4) is 5.75 Å². The van der Waals surface area contributed by atoms with Gasteiger partial charge in [0.25, 0.3) is 11.5 Å². The van der Waals surface area contributed by atoms with Crippen LogP contribution in [0.15, 0.2) is 47.5 Å². The zero-order valence-corrected chi connectivity index (χ0v) is 35.3. The number of rotatable bonds is 11. The first-order chi connectivity index (χ1) is 28.9. The number of nitrogens with zero attached hydrogens (tertiary/aromatic N) is 9. The Kier molecular flexibility index (Phi) is 11.6. The molecule has 8 rings (SSSR count). The van der Waals surface area contributed by atoms with Crippen LogP contribution in [-0.4, -0.2) is 111 Å². The number of amides is 3. The van der Waals surface area contributed by atoms with Crippen LogP contribution in [0.3, 0.4) is 0 Å². The summed E-state index contributed by atoms with van der Waals surface area (Å²) in [5.74, 6) is 0.377. The van der Waals surface area contributed by atoms with E-state index in [1.807, 2.05) is 43.8 Å². The highest BCUT2D eigenvalue weighted by Gasteiger charge is 2.33. The molecular formula is C42H51ClN12O5. The molecule has 3 N–H and O–H groups in total. The molecule has 3 aliphatic rings. The van der Waals surface area contributed by atoms with E-state index in [0.717, 1.165) is 74.4 Å². The lowest BCUT2D eigenvalue weighted by Gasteiger charge is -2.42. The minimum Gasteiger partial charge on any atom is -0.478 e. The smallest absolute Gasteiger partial charge is 0.294 e. The molecule has 18 heteroatoms. The van der Waals surface area contributed by atoms with Crippen LogP contribution in [0.4, 0.5) is 23.1 Å². The summed E-state index contributed by atoms with van der Waals surface area (Å²) in [5.41, 5.74) is 3.63. The number of aromatic nitrogens is 6. The third-order valence-electron chi connectivity index (χ3n) is 11.9. The summed E-state index contributed by atoms with van der Waals surface area (Å²) in [6.07, 6.45) is 6.18. The molecule has 0 saturated carbocycles. The monoisotopic (exact) mass is 838 g/mol. The second-order valence-corrected chi connectivity index (χ2v) is 16.7. The van der Waals surface area contributed by atoms with E-state index in [1.165, 1.54) is 7.05 Å². The molecule has 7 heterocycles. The highest BCUT2D eigenvalue weighted by Crippen LogP contribution is 2.36. The molecule has 60 heavy (non-hydrogen) atoms. The average Bonchev–Trinajstić information content (AvgIpc) is 3.56. The van der Waals surface area contributed by atoms with Gasteiger partial charge < -0.3 is 25.2 Å². The fraction of sp³-hybridized carbons (Fsp3) is 0.476. The highest BCUT2D eigenvalue weighted by molar-refractivity contribution is 6.33. The first-order valence-electron chi connectivity index (χ1n) is 20.6. The number of carbonyl (C=O) groups excluding carboxylic acids is 3. The maximum absolute atomic E-state index is 13.2. The second-order valence-electron chi connectivity index (χ2n) is 16.3. The van der Waals surface area contributed by atoms with Crippen LogP contribution in [0.5, 0.6) is 5.75 Å². The van der Waals surface area contributed by atoms with Gasteiger partial charge in [0.05, 0.1) is 40.9 Å². The normalized spacial score (nSPS) is 19.3. The Bertz CT molecular complexity index is 2510. The van der Waals surface area contributed by atoms with E-state index in [2.05, 4.69) is 53.6 Å². The molecule has 0 bridgehead atoms. The molecule has 3 amide bonds. The van der Waals surface area contributed by atoms with E-state index in [1.54, 1.807) is 23.0 Å². The van der Waals surface area contributed by atoms with Crippen molar-refractivity contribution >= 4 is 74.4 Å². The van der Waals surface area contributed by atoms with E-state index in [9.17, 15) is 19.2 Å². The fourth-order valence-corrected chi connectivity index (χ4v) is 8.95. The number of ether oxygens (including phenoxy) is 1. The fourth-order valence-electron chi connectivity index (χ4n) is 8.82. The number of fused-ring (bicyclic) bond motifs is 2. The highest BCUT2D eigenvalue weighted by atomic mass is 35.5. The molecule has 3 saturated heterocycles. The third kappa shape index (κ3) is 8.19. The largest absolute Gasteiger partial charge is 0.478 e. The van der Waals surface area contributed by atoms with Crippen LogP contribution in [0.25, 0.3) is 21.9 Å². The van der Waals surface area contributed by atoms with Crippen molar-refractivity contribution < 1.29 is 19.1 Å². The predicted molar refractivity (Wildman–Crippen MR) is 230 cm³/mol. The minimum absolute atomic E-state index is 0.0572. The van der Waals surface area contributed by atoms with Crippen LogP contribution in [0, 0.1) is 5.92 Å². The van der Waals surface area contributed by atoms with Crippen LogP contribution in [0.1, 0.15) is 64.1 Å². The maximum atomic E-state index is 13.2. The summed E-state index contributed by atoms with van der Waals surface area (Å²) < 4.78 is 9.04. The Hall–Kier alpha value is -5.81. The van der Waals surface area contributed by atoms with E-state index in [4.69, 9.17) is 26.4 Å². The van der Waals surface area contributed by atoms with Crippen LogP contribution in [-0.2, 0) is 21.4 Å². The van der Waals surface area contributed by atoms with Gasteiger partial charge in [-0.05, 0) is 64.2 Å². The summed E-state index contributed by atoms with van der Waals surface area (Å²) in [4.78, 5) is 70.9. The molecule has 3 aliphatic heterocycles. The van der Waals surface area contributed by atoms with Gasteiger partial charge in [-0.25, -0.2) is 9.97 Å². The number of imide groups is 1. The summed E-state index contributed by atoms with van der Waals surface area (Å²) in [5, 5.41) is 15.0. The Balaban J connectivity index is 0.896. The second kappa shape index (κ2) is 17.0. The quantitative estimate of drug-likeness (QED) is 0.162. The SMILES string of the molecule is CNC(=O)COc1cc2cc(Nc3nc(N4CCN(CC5CCN(c6cccc7c(C8CCC(=O)NC8=O)nn(C)c67)CC5)C[C@H]4C)ncc3Cl)cnc2n(C(C)C)c1=O.